The van der Waals surface area contributed by atoms with Gasteiger partial charge in [0.05, 0.1) is 6.61 Å². The van der Waals surface area contributed by atoms with Crippen molar-refractivity contribution in [3.05, 3.63) is 12.7 Å². The zero-order valence-corrected chi connectivity index (χ0v) is 7.58. The summed E-state index contributed by atoms with van der Waals surface area (Å²) in [6.45, 7) is 5.64. The van der Waals surface area contributed by atoms with Crippen molar-refractivity contribution in [2.75, 3.05) is 6.61 Å². The van der Waals surface area contributed by atoms with Crippen LogP contribution in [0, 0.1) is 5.92 Å². The molecule has 0 heterocycles. The summed E-state index contributed by atoms with van der Waals surface area (Å²) in [7, 11) is 0. The Morgan fingerprint density at radius 1 is 1.85 bits per heavy atom. The third-order valence-corrected chi connectivity index (χ3v) is 2.26. The smallest absolute Gasteiger partial charge is 0.332 e. The molecule has 1 fully saturated rings. The van der Waals surface area contributed by atoms with Crippen LogP contribution in [0.4, 0.5) is 0 Å². The Bertz CT molecular complexity index is 239. The minimum absolute atomic E-state index is 0.0109. The Morgan fingerprint density at radius 3 is 2.92 bits per heavy atom. The van der Waals surface area contributed by atoms with Crippen LogP contribution in [0.1, 0.15) is 13.3 Å². The first-order valence-electron chi connectivity index (χ1n) is 4.22. The highest BCUT2D eigenvalue weighted by atomic mass is 16.5. The van der Waals surface area contributed by atoms with Crippen molar-refractivity contribution in [3.63, 3.8) is 0 Å². The summed E-state index contributed by atoms with van der Waals surface area (Å²) in [6, 6.07) is 0. The second-order valence-electron chi connectivity index (χ2n) is 3.00. The molecule has 2 atom stereocenters. The van der Waals surface area contributed by atoms with Gasteiger partial charge in [0.1, 0.15) is 5.54 Å². The predicted octanol–water partition coefficient (Wildman–Crippen LogP) is 0.240. The van der Waals surface area contributed by atoms with Gasteiger partial charge in [-0.3, -0.25) is 4.79 Å². The Kier molecular flexibility index (Phi) is 2.70. The van der Waals surface area contributed by atoms with Gasteiger partial charge in [0.2, 0.25) is 6.41 Å². The predicted molar refractivity (Wildman–Crippen MR) is 46.9 cm³/mol. The van der Waals surface area contributed by atoms with E-state index < -0.39 is 5.54 Å². The number of amides is 1. The summed E-state index contributed by atoms with van der Waals surface area (Å²) in [5.41, 5.74) is -0.820. The van der Waals surface area contributed by atoms with Crippen LogP contribution in [-0.4, -0.2) is 24.5 Å². The van der Waals surface area contributed by atoms with E-state index in [1.807, 2.05) is 0 Å². The molecular formula is C9H13NO3. The third kappa shape index (κ3) is 1.56. The van der Waals surface area contributed by atoms with Gasteiger partial charge in [-0.25, -0.2) is 4.79 Å². The first-order chi connectivity index (χ1) is 6.21. The van der Waals surface area contributed by atoms with Gasteiger partial charge >= 0.3 is 5.97 Å². The van der Waals surface area contributed by atoms with E-state index in [0.717, 1.165) is 0 Å². The summed E-state index contributed by atoms with van der Waals surface area (Å²) < 4.78 is 4.85. The lowest BCUT2D eigenvalue weighted by Crippen LogP contribution is -2.41. The average molecular weight is 183 g/mol. The zero-order chi connectivity index (χ0) is 9.90. The van der Waals surface area contributed by atoms with Crippen molar-refractivity contribution in [2.24, 2.45) is 5.92 Å². The van der Waals surface area contributed by atoms with Crippen LogP contribution in [0.3, 0.4) is 0 Å². The summed E-state index contributed by atoms with van der Waals surface area (Å²) in [6.07, 6.45) is 2.78. The molecule has 0 aromatic heterocycles. The molecule has 0 radical (unpaired) electrons. The van der Waals surface area contributed by atoms with E-state index in [1.165, 1.54) is 0 Å². The number of hydrogen-bond acceptors (Lipinski definition) is 3. The van der Waals surface area contributed by atoms with Crippen molar-refractivity contribution >= 4 is 12.4 Å². The molecule has 1 aliphatic rings. The van der Waals surface area contributed by atoms with Gasteiger partial charge in [-0.15, -0.1) is 6.58 Å². The van der Waals surface area contributed by atoms with Crippen molar-refractivity contribution in [1.29, 1.82) is 0 Å². The maximum absolute atomic E-state index is 11.4. The van der Waals surface area contributed by atoms with Crippen LogP contribution in [-0.2, 0) is 14.3 Å². The van der Waals surface area contributed by atoms with Gasteiger partial charge in [0, 0.05) is 5.92 Å². The standard InChI is InChI=1S/C9H13NO3/c1-3-7-5-9(7,10-6-11)8(12)13-4-2/h3,6-7H,1,4-5H2,2H3,(H,10,11)/t7?,9-/m1/s1. The number of nitrogens with one attached hydrogen (secondary N) is 1. The lowest BCUT2D eigenvalue weighted by molar-refractivity contribution is -0.148. The second kappa shape index (κ2) is 3.60. The lowest BCUT2D eigenvalue weighted by atomic mass is 10.2. The van der Waals surface area contributed by atoms with E-state index in [1.54, 1.807) is 13.0 Å². The number of ether oxygens (including phenoxy) is 1. The lowest BCUT2D eigenvalue weighted by Gasteiger charge is -2.13. The van der Waals surface area contributed by atoms with Gasteiger partial charge in [-0.2, -0.15) is 0 Å². The maximum Gasteiger partial charge on any atom is 0.332 e. The fraction of sp³-hybridized carbons (Fsp3) is 0.556. The fourth-order valence-corrected chi connectivity index (χ4v) is 1.40. The summed E-state index contributed by atoms with van der Waals surface area (Å²) in [4.78, 5) is 21.7. The molecule has 4 nitrogen and oxygen atoms in total. The van der Waals surface area contributed by atoms with Crippen molar-refractivity contribution in [1.82, 2.24) is 5.32 Å². The van der Waals surface area contributed by atoms with Gasteiger partial charge in [-0.1, -0.05) is 6.08 Å². The van der Waals surface area contributed by atoms with Gasteiger partial charge in [0.25, 0.3) is 0 Å². The average Bonchev–Trinajstić information content (AvgIpc) is 2.81. The highest BCUT2D eigenvalue weighted by Gasteiger charge is 2.60. The first kappa shape index (κ1) is 9.77. The van der Waals surface area contributed by atoms with Crippen LogP contribution >= 0.6 is 0 Å². The molecule has 13 heavy (non-hydrogen) atoms. The molecule has 1 aliphatic carbocycles. The first-order valence-corrected chi connectivity index (χ1v) is 4.22. The van der Waals surface area contributed by atoms with Crippen LogP contribution in [0.15, 0.2) is 12.7 Å². The summed E-state index contributed by atoms with van der Waals surface area (Å²) in [5, 5.41) is 2.49. The monoisotopic (exact) mass is 183 g/mol. The van der Waals surface area contributed by atoms with Crippen molar-refractivity contribution < 1.29 is 14.3 Å². The quantitative estimate of drug-likeness (QED) is 0.377. The van der Waals surface area contributed by atoms with Crippen LogP contribution < -0.4 is 5.32 Å². The van der Waals surface area contributed by atoms with E-state index in [9.17, 15) is 9.59 Å². The van der Waals surface area contributed by atoms with Crippen molar-refractivity contribution in [2.45, 2.75) is 18.9 Å². The van der Waals surface area contributed by atoms with Crippen molar-refractivity contribution in [3.8, 4) is 0 Å². The third-order valence-electron chi connectivity index (χ3n) is 2.26. The van der Waals surface area contributed by atoms with Gasteiger partial charge in [0.15, 0.2) is 0 Å². The molecule has 1 saturated carbocycles. The Balaban J connectivity index is 2.64. The molecule has 0 aromatic rings. The number of carbonyl (C=O) groups excluding carboxylic acids is 2. The van der Waals surface area contributed by atoms with Gasteiger partial charge in [-0.05, 0) is 13.3 Å². The molecule has 1 N–H and O–H groups in total. The van der Waals surface area contributed by atoms with E-state index in [-0.39, 0.29) is 11.9 Å². The summed E-state index contributed by atoms with van der Waals surface area (Å²) >= 11 is 0. The number of esters is 1. The molecule has 0 aromatic carbocycles. The second-order valence-corrected chi connectivity index (χ2v) is 3.00. The largest absolute Gasteiger partial charge is 0.464 e. The molecule has 1 amide bonds. The molecular weight excluding hydrogens is 170 g/mol. The van der Waals surface area contributed by atoms with Crippen LogP contribution in [0.5, 0.6) is 0 Å². The molecule has 0 aliphatic heterocycles. The summed E-state index contributed by atoms with van der Waals surface area (Å²) in [5.74, 6) is -0.358. The van der Waals surface area contributed by atoms with E-state index in [4.69, 9.17) is 4.74 Å². The topological polar surface area (TPSA) is 55.4 Å². The van der Waals surface area contributed by atoms with E-state index >= 15 is 0 Å². The minimum Gasteiger partial charge on any atom is -0.464 e. The molecule has 1 rings (SSSR count). The number of hydrogen-bond donors (Lipinski definition) is 1. The minimum atomic E-state index is -0.820. The molecule has 0 saturated heterocycles. The normalized spacial score (nSPS) is 30.4. The highest BCUT2D eigenvalue weighted by Crippen LogP contribution is 2.44. The SMILES string of the molecule is C=CC1C[C@]1(NC=O)C(=O)OCC. The Hall–Kier alpha value is -1.32. The highest BCUT2D eigenvalue weighted by molar-refractivity contribution is 5.88. The van der Waals surface area contributed by atoms with Crippen LogP contribution in [0.25, 0.3) is 0 Å². The Morgan fingerprint density at radius 2 is 2.54 bits per heavy atom. The van der Waals surface area contributed by atoms with E-state index in [0.29, 0.717) is 19.4 Å². The van der Waals surface area contributed by atoms with E-state index in [2.05, 4.69) is 11.9 Å². The molecule has 0 bridgehead atoms. The molecule has 1 unspecified atom stereocenters. The zero-order valence-electron chi connectivity index (χ0n) is 7.58. The number of rotatable bonds is 5. The fourth-order valence-electron chi connectivity index (χ4n) is 1.40. The Labute approximate surface area is 76.9 Å². The van der Waals surface area contributed by atoms with Gasteiger partial charge < -0.3 is 10.1 Å². The van der Waals surface area contributed by atoms with Crippen LogP contribution in [0.2, 0.25) is 0 Å². The maximum atomic E-state index is 11.4. The number of carbonyl (C=O) groups is 2. The molecule has 72 valence electrons. The molecule has 4 heteroatoms. The molecule has 0 spiro atoms.